The Labute approximate surface area is 119 Å². The standard InChI is InChI=1S/C13H11ClN4S/c1-8-3-5-10(6-4-8)19-12-9(2)11(14)17-13-15-7-16-18(12)13/h3-7H,1-2H3. The molecule has 0 N–H and O–H groups in total. The highest BCUT2D eigenvalue weighted by Gasteiger charge is 2.13. The van der Waals surface area contributed by atoms with E-state index in [4.69, 9.17) is 11.6 Å². The van der Waals surface area contributed by atoms with Crippen LogP contribution in [0.15, 0.2) is 40.5 Å². The molecular weight excluding hydrogens is 280 g/mol. The number of aromatic nitrogens is 4. The average molecular weight is 291 g/mol. The van der Waals surface area contributed by atoms with Crippen molar-refractivity contribution in [1.82, 2.24) is 19.6 Å². The Morgan fingerprint density at radius 2 is 1.89 bits per heavy atom. The van der Waals surface area contributed by atoms with Crippen molar-refractivity contribution < 1.29 is 0 Å². The van der Waals surface area contributed by atoms with Crippen LogP contribution in [0.1, 0.15) is 11.1 Å². The van der Waals surface area contributed by atoms with Crippen molar-refractivity contribution in [2.24, 2.45) is 0 Å². The van der Waals surface area contributed by atoms with E-state index in [1.54, 1.807) is 16.3 Å². The fraction of sp³-hybridized carbons (Fsp3) is 0.154. The van der Waals surface area contributed by atoms with Gasteiger partial charge in [0, 0.05) is 10.5 Å². The van der Waals surface area contributed by atoms with Crippen molar-refractivity contribution in [3.8, 4) is 0 Å². The van der Waals surface area contributed by atoms with Gasteiger partial charge in [0.05, 0.1) is 0 Å². The van der Waals surface area contributed by atoms with Gasteiger partial charge in [-0.15, -0.1) is 0 Å². The maximum absolute atomic E-state index is 6.14. The molecule has 0 saturated carbocycles. The van der Waals surface area contributed by atoms with Crippen molar-refractivity contribution in [3.05, 3.63) is 46.9 Å². The first-order chi connectivity index (χ1) is 9.15. The summed E-state index contributed by atoms with van der Waals surface area (Å²) in [6.07, 6.45) is 1.48. The molecule has 19 heavy (non-hydrogen) atoms. The first kappa shape index (κ1) is 12.4. The third-order valence-corrected chi connectivity index (χ3v) is 4.33. The molecule has 0 aliphatic heterocycles. The van der Waals surface area contributed by atoms with Crippen LogP contribution in [0, 0.1) is 13.8 Å². The molecule has 0 amide bonds. The van der Waals surface area contributed by atoms with E-state index in [0.29, 0.717) is 10.9 Å². The predicted octanol–water partition coefficient (Wildman–Crippen LogP) is 3.55. The molecule has 0 fully saturated rings. The molecule has 0 bridgehead atoms. The Morgan fingerprint density at radius 1 is 1.16 bits per heavy atom. The molecule has 0 atom stereocenters. The zero-order valence-corrected chi connectivity index (χ0v) is 12.0. The quantitative estimate of drug-likeness (QED) is 0.677. The van der Waals surface area contributed by atoms with E-state index < -0.39 is 0 Å². The van der Waals surface area contributed by atoms with Gasteiger partial charge in [0.2, 0.25) is 0 Å². The largest absolute Gasteiger partial charge is 0.254 e. The second-order valence-corrected chi connectivity index (χ2v) is 5.64. The summed E-state index contributed by atoms with van der Waals surface area (Å²) in [6.45, 7) is 4.01. The van der Waals surface area contributed by atoms with Gasteiger partial charge >= 0.3 is 0 Å². The summed E-state index contributed by atoms with van der Waals surface area (Å²) < 4.78 is 1.71. The zero-order valence-electron chi connectivity index (χ0n) is 10.5. The number of hydrogen-bond acceptors (Lipinski definition) is 4. The molecular formula is C13H11ClN4S. The summed E-state index contributed by atoms with van der Waals surface area (Å²) in [5.74, 6) is 0.519. The van der Waals surface area contributed by atoms with Gasteiger partial charge in [0.15, 0.2) is 0 Å². The van der Waals surface area contributed by atoms with Crippen LogP contribution in [-0.2, 0) is 0 Å². The molecule has 0 saturated heterocycles. The lowest BCUT2D eigenvalue weighted by atomic mass is 10.2. The minimum Gasteiger partial charge on any atom is -0.199 e. The smallest absolute Gasteiger partial charge is 0.199 e. The van der Waals surface area contributed by atoms with E-state index in [1.807, 2.05) is 6.92 Å². The van der Waals surface area contributed by atoms with Gasteiger partial charge in [-0.2, -0.15) is 19.6 Å². The van der Waals surface area contributed by atoms with Gasteiger partial charge in [0.1, 0.15) is 16.5 Å². The van der Waals surface area contributed by atoms with E-state index in [2.05, 4.69) is 46.3 Å². The maximum atomic E-state index is 6.14. The summed E-state index contributed by atoms with van der Waals surface area (Å²) in [5, 5.41) is 5.61. The summed E-state index contributed by atoms with van der Waals surface area (Å²) in [5.41, 5.74) is 2.14. The molecule has 0 unspecified atom stereocenters. The third kappa shape index (κ3) is 2.31. The van der Waals surface area contributed by atoms with Crippen molar-refractivity contribution in [1.29, 1.82) is 0 Å². The lowest BCUT2D eigenvalue weighted by Crippen LogP contribution is -1.99. The molecule has 0 aliphatic rings. The van der Waals surface area contributed by atoms with Crippen LogP contribution in [-0.4, -0.2) is 19.6 Å². The Hall–Kier alpha value is -1.59. The van der Waals surface area contributed by atoms with Crippen LogP contribution in [0.4, 0.5) is 0 Å². The van der Waals surface area contributed by atoms with Crippen molar-refractivity contribution >= 4 is 29.1 Å². The molecule has 1 aromatic carbocycles. The molecule has 2 aromatic heterocycles. The van der Waals surface area contributed by atoms with E-state index in [9.17, 15) is 0 Å². The number of nitrogens with zero attached hydrogens (tertiary/aromatic N) is 4. The summed E-state index contributed by atoms with van der Waals surface area (Å²) in [7, 11) is 0. The average Bonchev–Trinajstić information content (AvgIpc) is 2.85. The molecule has 6 heteroatoms. The van der Waals surface area contributed by atoms with E-state index in [-0.39, 0.29) is 0 Å². The minimum atomic E-state index is 0.468. The van der Waals surface area contributed by atoms with Gasteiger partial charge in [0.25, 0.3) is 5.78 Å². The minimum absolute atomic E-state index is 0.468. The monoisotopic (exact) mass is 290 g/mol. The van der Waals surface area contributed by atoms with Gasteiger partial charge in [-0.25, -0.2) is 0 Å². The van der Waals surface area contributed by atoms with Gasteiger partial charge < -0.3 is 0 Å². The molecule has 4 nitrogen and oxygen atoms in total. The molecule has 0 radical (unpaired) electrons. The summed E-state index contributed by atoms with van der Waals surface area (Å²) in [4.78, 5) is 9.41. The number of aryl methyl sites for hydroxylation is 1. The molecule has 0 spiro atoms. The van der Waals surface area contributed by atoms with Crippen LogP contribution < -0.4 is 0 Å². The van der Waals surface area contributed by atoms with Gasteiger partial charge in [-0.1, -0.05) is 41.1 Å². The number of halogens is 1. The summed E-state index contributed by atoms with van der Waals surface area (Å²) in [6, 6.07) is 8.32. The van der Waals surface area contributed by atoms with Crippen molar-refractivity contribution in [3.63, 3.8) is 0 Å². The maximum Gasteiger partial charge on any atom is 0.254 e. The molecule has 3 rings (SSSR count). The first-order valence-corrected chi connectivity index (χ1v) is 6.95. The normalized spacial score (nSPS) is 11.1. The van der Waals surface area contributed by atoms with Crippen LogP contribution in [0.5, 0.6) is 0 Å². The van der Waals surface area contributed by atoms with Crippen LogP contribution >= 0.6 is 23.4 Å². The van der Waals surface area contributed by atoms with Crippen LogP contribution in [0.25, 0.3) is 5.78 Å². The molecule has 96 valence electrons. The topological polar surface area (TPSA) is 43.1 Å². The predicted molar refractivity (Wildman–Crippen MR) is 75.8 cm³/mol. The highest BCUT2D eigenvalue weighted by Crippen LogP contribution is 2.32. The Morgan fingerprint density at radius 3 is 2.63 bits per heavy atom. The fourth-order valence-electron chi connectivity index (χ4n) is 1.71. The number of benzene rings is 1. The summed E-state index contributed by atoms with van der Waals surface area (Å²) >= 11 is 7.74. The second-order valence-electron chi connectivity index (χ2n) is 4.22. The second kappa shape index (κ2) is 4.83. The van der Waals surface area contributed by atoms with Crippen molar-refractivity contribution in [2.45, 2.75) is 23.8 Å². The SMILES string of the molecule is Cc1ccc(Sc2c(C)c(Cl)nc3ncnn23)cc1. The lowest BCUT2D eigenvalue weighted by Gasteiger charge is -2.08. The van der Waals surface area contributed by atoms with Crippen LogP contribution in [0.2, 0.25) is 5.15 Å². The lowest BCUT2D eigenvalue weighted by molar-refractivity contribution is 0.825. The van der Waals surface area contributed by atoms with Crippen LogP contribution in [0.3, 0.4) is 0 Å². The van der Waals surface area contributed by atoms with Crippen molar-refractivity contribution in [2.75, 3.05) is 0 Å². The van der Waals surface area contributed by atoms with E-state index in [1.165, 1.54) is 11.9 Å². The number of fused-ring (bicyclic) bond motifs is 1. The molecule has 2 heterocycles. The first-order valence-electron chi connectivity index (χ1n) is 5.75. The number of rotatable bonds is 2. The molecule has 0 aliphatic carbocycles. The fourth-order valence-corrected chi connectivity index (χ4v) is 2.89. The van der Waals surface area contributed by atoms with E-state index in [0.717, 1.165) is 15.5 Å². The number of hydrogen-bond donors (Lipinski definition) is 0. The zero-order chi connectivity index (χ0) is 13.4. The third-order valence-electron chi connectivity index (χ3n) is 2.79. The van der Waals surface area contributed by atoms with Gasteiger partial charge in [-0.05, 0) is 26.0 Å². The Bertz CT molecular complexity index is 736. The highest BCUT2D eigenvalue weighted by atomic mass is 35.5. The Kier molecular flexibility index (Phi) is 3.16. The Balaban J connectivity index is 2.11. The molecule has 3 aromatic rings. The van der Waals surface area contributed by atoms with E-state index >= 15 is 0 Å². The van der Waals surface area contributed by atoms with Gasteiger partial charge in [-0.3, -0.25) is 0 Å². The highest BCUT2D eigenvalue weighted by molar-refractivity contribution is 7.99.